The van der Waals surface area contributed by atoms with Crippen LogP contribution in [-0.4, -0.2) is 47.5 Å². The second kappa shape index (κ2) is 7.47. The molecule has 2 aliphatic heterocycles. The number of morpholine rings is 1. The van der Waals surface area contributed by atoms with Crippen molar-refractivity contribution in [3.63, 3.8) is 0 Å². The van der Waals surface area contributed by atoms with Crippen LogP contribution in [0.1, 0.15) is 31.3 Å². The molecule has 1 aromatic heterocycles. The Balaban J connectivity index is 1.53. The molecule has 3 heterocycles. The highest BCUT2D eigenvalue weighted by molar-refractivity contribution is 5.44. The molecule has 2 aromatic rings. The minimum Gasteiger partial charge on any atom is -0.454 e. The molecular weight excluding hydrogens is 332 g/mol. The van der Waals surface area contributed by atoms with Crippen molar-refractivity contribution in [2.75, 3.05) is 31.9 Å². The van der Waals surface area contributed by atoms with E-state index in [1.165, 1.54) is 5.56 Å². The molecule has 138 valence electrons. The second-order valence-electron chi connectivity index (χ2n) is 6.85. The van der Waals surface area contributed by atoms with Crippen LogP contribution in [0.3, 0.4) is 0 Å². The van der Waals surface area contributed by atoms with E-state index in [9.17, 15) is 0 Å². The topological polar surface area (TPSA) is 68.7 Å². The Labute approximate surface area is 153 Å². The highest BCUT2D eigenvalue weighted by atomic mass is 16.7. The van der Waals surface area contributed by atoms with Crippen molar-refractivity contribution in [3.05, 3.63) is 41.9 Å². The predicted molar refractivity (Wildman–Crippen MR) is 97.3 cm³/mol. The Morgan fingerprint density at radius 1 is 1.23 bits per heavy atom. The van der Waals surface area contributed by atoms with Crippen LogP contribution in [0.2, 0.25) is 0 Å². The highest BCUT2D eigenvalue weighted by Gasteiger charge is 2.27. The normalized spacial score (nSPS) is 19.7. The number of nitrogens with one attached hydrogen (secondary N) is 1. The summed E-state index contributed by atoms with van der Waals surface area (Å²) in [6, 6.07) is 8.35. The number of fused-ring (bicyclic) bond motifs is 1. The maximum atomic E-state index is 5.71. The van der Waals surface area contributed by atoms with E-state index in [0.29, 0.717) is 26.0 Å². The van der Waals surface area contributed by atoms with Crippen molar-refractivity contribution in [2.45, 2.75) is 32.5 Å². The summed E-state index contributed by atoms with van der Waals surface area (Å²) in [5, 5.41) is 3.34. The van der Waals surface area contributed by atoms with Gasteiger partial charge in [0.2, 0.25) is 6.79 Å². The Kier molecular flexibility index (Phi) is 4.90. The fourth-order valence-electron chi connectivity index (χ4n) is 3.25. The molecule has 2 aliphatic rings. The minimum atomic E-state index is 0.0306. The third-order valence-corrected chi connectivity index (χ3v) is 4.47. The van der Waals surface area contributed by atoms with Gasteiger partial charge in [-0.15, -0.1) is 0 Å². The first-order valence-corrected chi connectivity index (χ1v) is 8.99. The predicted octanol–water partition coefficient (Wildman–Crippen LogP) is 2.60. The molecule has 7 nitrogen and oxygen atoms in total. The molecule has 0 radical (unpaired) electrons. The number of ether oxygens (including phenoxy) is 3. The third kappa shape index (κ3) is 3.73. The van der Waals surface area contributed by atoms with Gasteiger partial charge in [-0.2, -0.15) is 0 Å². The molecular formula is C19H24N4O3. The van der Waals surface area contributed by atoms with Crippen molar-refractivity contribution < 1.29 is 14.2 Å². The Bertz CT molecular complexity index is 768. The third-order valence-electron chi connectivity index (χ3n) is 4.47. The number of anilines is 1. The average Bonchev–Trinajstić information content (AvgIpc) is 3.10. The van der Waals surface area contributed by atoms with Crippen LogP contribution in [0.15, 0.2) is 30.5 Å². The lowest BCUT2D eigenvalue weighted by Gasteiger charge is -2.34. The quantitative estimate of drug-likeness (QED) is 0.883. The lowest BCUT2D eigenvalue weighted by atomic mass is 10.1. The zero-order valence-corrected chi connectivity index (χ0v) is 15.1. The summed E-state index contributed by atoms with van der Waals surface area (Å²) in [4.78, 5) is 11.6. The summed E-state index contributed by atoms with van der Waals surface area (Å²) in [5.74, 6) is 3.25. The first-order chi connectivity index (χ1) is 12.7. The maximum absolute atomic E-state index is 5.71. The summed E-state index contributed by atoms with van der Waals surface area (Å²) in [6.45, 7) is 7.41. The van der Waals surface area contributed by atoms with Crippen molar-refractivity contribution in [1.82, 2.24) is 14.9 Å². The zero-order valence-electron chi connectivity index (χ0n) is 15.1. The molecule has 1 N–H and O–H groups in total. The largest absolute Gasteiger partial charge is 0.454 e. The summed E-state index contributed by atoms with van der Waals surface area (Å²) >= 11 is 0. The average molecular weight is 356 g/mol. The van der Waals surface area contributed by atoms with Gasteiger partial charge in [-0.25, -0.2) is 9.97 Å². The second-order valence-corrected chi connectivity index (χ2v) is 6.85. The number of hydrogen-bond acceptors (Lipinski definition) is 7. The van der Waals surface area contributed by atoms with E-state index in [0.717, 1.165) is 36.2 Å². The van der Waals surface area contributed by atoms with Gasteiger partial charge in [0.25, 0.3) is 0 Å². The molecule has 0 aliphatic carbocycles. The van der Waals surface area contributed by atoms with E-state index in [4.69, 9.17) is 19.2 Å². The molecule has 0 bridgehead atoms. The van der Waals surface area contributed by atoms with Gasteiger partial charge in [-0.1, -0.05) is 6.07 Å². The van der Waals surface area contributed by atoms with Gasteiger partial charge < -0.3 is 19.5 Å². The summed E-state index contributed by atoms with van der Waals surface area (Å²) in [5.41, 5.74) is 1.18. The van der Waals surface area contributed by atoms with E-state index in [1.807, 2.05) is 18.2 Å². The van der Waals surface area contributed by atoms with Crippen molar-refractivity contribution in [1.29, 1.82) is 0 Å². The molecule has 1 fully saturated rings. The van der Waals surface area contributed by atoms with Gasteiger partial charge in [0.1, 0.15) is 11.6 Å². The van der Waals surface area contributed by atoms with Crippen LogP contribution >= 0.6 is 0 Å². The molecule has 1 atom stereocenters. The molecule has 1 saturated heterocycles. The van der Waals surface area contributed by atoms with Crippen LogP contribution in [0.5, 0.6) is 11.5 Å². The van der Waals surface area contributed by atoms with E-state index in [2.05, 4.69) is 35.1 Å². The highest BCUT2D eigenvalue weighted by Crippen LogP contribution is 2.33. The van der Waals surface area contributed by atoms with Gasteiger partial charge in [0.05, 0.1) is 19.3 Å². The fourth-order valence-corrected chi connectivity index (χ4v) is 3.25. The number of aromatic nitrogens is 2. The van der Waals surface area contributed by atoms with Gasteiger partial charge in [0.15, 0.2) is 11.5 Å². The van der Waals surface area contributed by atoms with Crippen LogP contribution in [0.25, 0.3) is 0 Å². The number of rotatable bonds is 5. The summed E-state index contributed by atoms with van der Waals surface area (Å²) in [7, 11) is 0. The lowest BCUT2D eigenvalue weighted by molar-refractivity contribution is -0.0159. The van der Waals surface area contributed by atoms with Gasteiger partial charge in [0, 0.05) is 25.3 Å². The van der Waals surface area contributed by atoms with E-state index < -0.39 is 0 Å². The van der Waals surface area contributed by atoms with Crippen molar-refractivity contribution >= 4 is 5.82 Å². The molecule has 4 rings (SSSR count). The van der Waals surface area contributed by atoms with Crippen molar-refractivity contribution in [2.24, 2.45) is 0 Å². The molecule has 7 heteroatoms. The molecule has 1 aromatic carbocycles. The Morgan fingerprint density at radius 3 is 3.00 bits per heavy atom. The molecule has 0 unspecified atom stereocenters. The fraction of sp³-hybridized carbons (Fsp3) is 0.474. The van der Waals surface area contributed by atoms with Crippen LogP contribution in [-0.2, 0) is 11.3 Å². The maximum Gasteiger partial charge on any atom is 0.231 e. The Hall–Kier alpha value is -2.38. The number of benzene rings is 1. The van der Waals surface area contributed by atoms with E-state index in [1.54, 1.807) is 6.20 Å². The monoisotopic (exact) mass is 356 g/mol. The summed E-state index contributed by atoms with van der Waals surface area (Å²) < 4.78 is 16.6. The smallest absolute Gasteiger partial charge is 0.231 e. The molecule has 0 amide bonds. The van der Waals surface area contributed by atoms with Gasteiger partial charge >= 0.3 is 0 Å². The summed E-state index contributed by atoms with van der Waals surface area (Å²) in [6.07, 6.45) is 1.81. The first kappa shape index (κ1) is 17.1. The SMILES string of the molecule is CC(C)Nc1ccnc([C@@H]2COCCN2Cc2ccc3c(c2)OCO3)n1. The molecule has 0 spiro atoms. The van der Waals surface area contributed by atoms with Crippen LogP contribution in [0.4, 0.5) is 5.82 Å². The van der Waals surface area contributed by atoms with Crippen molar-refractivity contribution in [3.8, 4) is 11.5 Å². The van der Waals surface area contributed by atoms with E-state index in [-0.39, 0.29) is 6.04 Å². The van der Waals surface area contributed by atoms with Gasteiger partial charge in [-0.3, -0.25) is 4.90 Å². The number of nitrogens with zero attached hydrogens (tertiary/aromatic N) is 3. The Morgan fingerprint density at radius 2 is 2.12 bits per heavy atom. The number of hydrogen-bond donors (Lipinski definition) is 1. The zero-order chi connectivity index (χ0) is 17.9. The van der Waals surface area contributed by atoms with Crippen LogP contribution < -0.4 is 14.8 Å². The van der Waals surface area contributed by atoms with Crippen LogP contribution in [0, 0.1) is 0 Å². The molecule has 0 saturated carbocycles. The van der Waals surface area contributed by atoms with E-state index >= 15 is 0 Å². The lowest BCUT2D eigenvalue weighted by Crippen LogP contribution is -2.39. The standard InChI is InChI=1S/C19H24N4O3/c1-13(2)21-18-5-6-20-19(22-18)15-11-24-8-7-23(15)10-14-3-4-16-17(9-14)26-12-25-16/h3-6,9,13,15H,7-8,10-12H2,1-2H3,(H,20,21,22)/t15-/m0/s1. The van der Waals surface area contributed by atoms with Gasteiger partial charge in [-0.05, 0) is 37.6 Å². The minimum absolute atomic E-state index is 0.0306. The molecule has 26 heavy (non-hydrogen) atoms. The first-order valence-electron chi connectivity index (χ1n) is 8.99.